The Morgan fingerprint density at radius 2 is 2.20 bits per heavy atom. The van der Waals surface area contributed by atoms with E-state index in [1.54, 1.807) is 6.92 Å². The first-order valence-electron chi connectivity index (χ1n) is 4.90. The maximum absolute atomic E-state index is 12.6. The average Bonchev–Trinajstić information content (AvgIpc) is 2.68. The van der Waals surface area contributed by atoms with Crippen molar-refractivity contribution in [2.24, 2.45) is 5.92 Å². The van der Waals surface area contributed by atoms with Gasteiger partial charge < -0.3 is 4.90 Å². The largest absolute Gasteiger partial charge is 0.340 e. The number of carbonyl (C=O) groups excluding carboxylic acids is 1. The normalized spacial score (nSPS) is 20.7. The van der Waals surface area contributed by atoms with Crippen molar-refractivity contribution in [3.63, 3.8) is 0 Å². The molecular weight excluding hydrogens is 197 g/mol. The van der Waals surface area contributed by atoms with Gasteiger partial charge in [-0.15, -0.1) is 0 Å². The van der Waals surface area contributed by atoms with Gasteiger partial charge in [0.2, 0.25) is 5.95 Å². The molecule has 0 amide bonds. The average molecular weight is 209 g/mol. The molecule has 0 unspecified atom stereocenters. The van der Waals surface area contributed by atoms with Gasteiger partial charge in [-0.3, -0.25) is 4.79 Å². The zero-order valence-corrected chi connectivity index (χ0v) is 8.48. The molecule has 4 nitrogen and oxygen atoms in total. The molecular formula is C10H12FN3O. The molecule has 0 radical (unpaired) electrons. The molecule has 1 fully saturated rings. The lowest BCUT2D eigenvalue weighted by atomic mass is 10.1. The second kappa shape index (κ2) is 3.92. The van der Waals surface area contributed by atoms with E-state index in [0.717, 1.165) is 25.4 Å². The summed E-state index contributed by atoms with van der Waals surface area (Å²) in [4.78, 5) is 20.8. The van der Waals surface area contributed by atoms with Gasteiger partial charge in [-0.05, 0) is 13.3 Å². The first-order chi connectivity index (χ1) is 7.16. The summed E-state index contributed by atoms with van der Waals surface area (Å²) in [6.07, 6.45) is 3.11. The molecule has 1 atom stereocenters. The molecule has 1 aliphatic heterocycles. The minimum atomic E-state index is -0.443. The SMILES string of the molecule is CC(=O)[C@H]1CCN(c2ncc(F)cn2)C1. The second-order valence-electron chi connectivity index (χ2n) is 3.74. The van der Waals surface area contributed by atoms with E-state index < -0.39 is 5.82 Å². The highest BCUT2D eigenvalue weighted by Crippen LogP contribution is 2.20. The van der Waals surface area contributed by atoms with Gasteiger partial charge in [0.1, 0.15) is 5.78 Å². The van der Waals surface area contributed by atoms with Crippen LogP contribution in [0.4, 0.5) is 10.3 Å². The molecule has 1 aliphatic rings. The molecule has 0 spiro atoms. The number of anilines is 1. The summed E-state index contributed by atoms with van der Waals surface area (Å²) >= 11 is 0. The van der Waals surface area contributed by atoms with Crippen LogP contribution in [0.3, 0.4) is 0 Å². The number of rotatable bonds is 2. The van der Waals surface area contributed by atoms with Crippen LogP contribution in [-0.2, 0) is 4.79 Å². The fourth-order valence-electron chi connectivity index (χ4n) is 1.74. The number of hydrogen-bond acceptors (Lipinski definition) is 4. The van der Waals surface area contributed by atoms with Crippen molar-refractivity contribution in [1.29, 1.82) is 0 Å². The summed E-state index contributed by atoms with van der Waals surface area (Å²) in [5.74, 6) is 0.319. The van der Waals surface area contributed by atoms with Gasteiger partial charge in [0, 0.05) is 19.0 Å². The quantitative estimate of drug-likeness (QED) is 0.729. The summed E-state index contributed by atoms with van der Waals surface area (Å²) < 4.78 is 12.6. The lowest BCUT2D eigenvalue weighted by Crippen LogP contribution is -2.23. The molecule has 0 saturated carbocycles. The third kappa shape index (κ3) is 2.11. The summed E-state index contributed by atoms with van der Waals surface area (Å²) in [7, 11) is 0. The molecule has 5 heteroatoms. The number of Topliss-reactive ketones (excluding diaryl/α,β-unsaturated/α-hetero) is 1. The number of hydrogen-bond donors (Lipinski definition) is 0. The van der Waals surface area contributed by atoms with E-state index in [0.29, 0.717) is 12.5 Å². The Hall–Kier alpha value is -1.52. The Balaban J connectivity index is 2.07. The predicted molar refractivity (Wildman–Crippen MR) is 53.0 cm³/mol. The monoisotopic (exact) mass is 209 g/mol. The summed E-state index contributed by atoms with van der Waals surface area (Å²) in [6.45, 7) is 3.00. The Labute approximate surface area is 87.1 Å². The van der Waals surface area contributed by atoms with Crippen molar-refractivity contribution in [2.75, 3.05) is 18.0 Å². The smallest absolute Gasteiger partial charge is 0.225 e. The molecule has 0 bridgehead atoms. The summed E-state index contributed by atoms with van der Waals surface area (Å²) in [5.41, 5.74) is 0. The highest BCUT2D eigenvalue weighted by molar-refractivity contribution is 5.79. The predicted octanol–water partition coefficient (Wildman–Crippen LogP) is 1.03. The lowest BCUT2D eigenvalue weighted by molar-refractivity contribution is -0.120. The van der Waals surface area contributed by atoms with Crippen molar-refractivity contribution in [3.8, 4) is 0 Å². The Bertz CT molecular complexity index is 365. The second-order valence-corrected chi connectivity index (χ2v) is 3.74. The molecule has 0 aliphatic carbocycles. The molecule has 0 N–H and O–H groups in total. The van der Waals surface area contributed by atoms with Gasteiger partial charge in [0.05, 0.1) is 12.4 Å². The summed E-state index contributed by atoms with van der Waals surface area (Å²) in [6, 6.07) is 0. The fraction of sp³-hybridized carbons (Fsp3) is 0.500. The fourth-order valence-corrected chi connectivity index (χ4v) is 1.74. The van der Waals surface area contributed by atoms with Gasteiger partial charge in [-0.1, -0.05) is 0 Å². The first kappa shape index (κ1) is 10.0. The van der Waals surface area contributed by atoms with Crippen LogP contribution in [0.2, 0.25) is 0 Å². The molecule has 1 aromatic heterocycles. The van der Waals surface area contributed by atoms with Crippen LogP contribution in [0.5, 0.6) is 0 Å². The molecule has 1 saturated heterocycles. The minimum Gasteiger partial charge on any atom is -0.340 e. The first-order valence-corrected chi connectivity index (χ1v) is 4.90. The molecule has 80 valence electrons. The number of carbonyl (C=O) groups is 1. The van der Waals surface area contributed by atoms with E-state index in [4.69, 9.17) is 0 Å². The van der Waals surface area contributed by atoms with Crippen molar-refractivity contribution in [1.82, 2.24) is 9.97 Å². The van der Waals surface area contributed by atoms with Gasteiger partial charge in [0.15, 0.2) is 5.82 Å². The van der Waals surface area contributed by atoms with E-state index in [1.807, 2.05) is 4.90 Å². The van der Waals surface area contributed by atoms with Crippen molar-refractivity contribution >= 4 is 11.7 Å². The van der Waals surface area contributed by atoms with Crippen molar-refractivity contribution in [2.45, 2.75) is 13.3 Å². The lowest BCUT2D eigenvalue weighted by Gasteiger charge is -2.14. The zero-order valence-electron chi connectivity index (χ0n) is 8.48. The van der Waals surface area contributed by atoms with E-state index in [-0.39, 0.29) is 11.7 Å². The van der Waals surface area contributed by atoms with E-state index in [2.05, 4.69) is 9.97 Å². The summed E-state index contributed by atoms with van der Waals surface area (Å²) in [5, 5.41) is 0. The Kier molecular flexibility index (Phi) is 2.62. The van der Waals surface area contributed by atoms with Crippen molar-refractivity contribution < 1.29 is 9.18 Å². The number of ketones is 1. The maximum Gasteiger partial charge on any atom is 0.225 e. The molecule has 1 aromatic rings. The van der Waals surface area contributed by atoms with E-state index >= 15 is 0 Å². The molecule has 2 rings (SSSR count). The van der Waals surface area contributed by atoms with E-state index in [1.165, 1.54) is 0 Å². The van der Waals surface area contributed by atoms with Crippen LogP contribution in [0.1, 0.15) is 13.3 Å². The number of halogens is 1. The van der Waals surface area contributed by atoms with Crippen LogP contribution in [0.25, 0.3) is 0 Å². The Morgan fingerprint density at radius 1 is 1.53 bits per heavy atom. The topological polar surface area (TPSA) is 46.1 Å². The highest BCUT2D eigenvalue weighted by Gasteiger charge is 2.27. The van der Waals surface area contributed by atoms with E-state index in [9.17, 15) is 9.18 Å². The number of aromatic nitrogens is 2. The Morgan fingerprint density at radius 3 is 2.73 bits per heavy atom. The minimum absolute atomic E-state index is 0.0682. The van der Waals surface area contributed by atoms with Gasteiger partial charge in [-0.2, -0.15) is 0 Å². The number of nitrogens with zero attached hydrogens (tertiary/aromatic N) is 3. The third-order valence-corrected chi connectivity index (χ3v) is 2.65. The standard InChI is InChI=1S/C10H12FN3O/c1-7(15)8-2-3-14(6-8)10-12-4-9(11)5-13-10/h4-5,8H,2-3,6H2,1H3/t8-/m0/s1. The van der Waals surface area contributed by atoms with Gasteiger partial charge in [0.25, 0.3) is 0 Å². The van der Waals surface area contributed by atoms with Crippen LogP contribution >= 0.6 is 0 Å². The molecule has 2 heterocycles. The van der Waals surface area contributed by atoms with Crippen LogP contribution in [-0.4, -0.2) is 28.8 Å². The third-order valence-electron chi connectivity index (χ3n) is 2.65. The van der Waals surface area contributed by atoms with Crippen LogP contribution in [0.15, 0.2) is 12.4 Å². The zero-order chi connectivity index (χ0) is 10.8. The maximum atomic E-state index is 12.6. The van der Waals surface area contributed by atoms with Crippen molar-refractivity contribution in [3.05, 3.63) is 18.2 Å². The van der Waals surface area contributed by atoms with Crippen LogP contribution in [0, 0.1) is 11.7 Å². The molecule has 15 heavy (non-hydrogen) atoms. The molecule has 0 aromatic carbocycles. The van der Waals surface area contributed by atoms with Gasteiger partial charge in [-0.25, -0.2) is 14.4 Å². The van der Waals surface area contributed by atoms with Gasteiger partial charge >= 0.3 is 0 Å². The highest BCUT2D eigenvalue weighted by atomic mass is 19.1. The van der Waals surface area contributed by atoms with Crippen LogP contribution < -0.4 is 4.90 Å².